The number of aromatic amines is 1. The number of carbonyl (C=O) groups excluding carboxylic acids is 1. The summed E-state index contributed by atoms with van der Waals surface area (Å²) in [5, 5.41) is 24.0. The van der Waals surface area contributed by atoms with Crippen molar-refractivity contribution in [1.82, 2.24) is 34.8 Å². The van der Waals surface area contributed by atoms with Crippen molar-refractivity contribution in [3.05, 3.63) is 46.5 Å². The molecule has 0 spiro atoms. The molecule has 1 amide bonds. The van der Waals surface area contributed by atoms with Crippen LogP contribution in [-0.4, -0.2) is 92.2 Å². The van der Waals surface area contributed by atoms with Gasteiger partial charge in [0.1, 0.15) is 11.3 Å². The number of amides is 1. The zero-order valence-corrected chi connectivity index (χ0v) is 28.7. The second-order valence-corrected chi connectivity index (χ2v) is 14.3. The van der Waals surface area contributed by atoms with Gasteiger partial charge in [-0.15, -0.1) is 0 Å². The van der Waals surface area contributed by atoms with Crippen LogP contribution in [0.25, 0.3) is 43.8 Å². The third-order valence-corrected chi connectivity index (χ3v) is 10.9. The Labute approximate surface area is 282 Å². The quantitative estimate of drug-likeness (QED) is 0.220. The molecule has 5 heterocycles. The summed E-state index contributed by atoms with van der Waals surface area (Å²) >= 11 is 7.04. The van der Waals surface area contributed by atoms with Gasteiger partial charge in [0.2, 0.25) is 0 Å². The van der Waals surface area contributed by atoms with Crippen LogP contribution in [0.15, 0.2) is 24.5 Å². The Hall–Kier alpha value is -4.34. The van der Waals surface area contributed by atoms with Crippen molar-refractivity contribution in [1.29, 1.82) is 5.26 Å². The number of nitrogens with one attached hydrogen (secondary N) is 1. The number of halogens is 3. The van der Waals surface area contributed by atoms with E-state index in [2.05, 4.69) is 33.0 Å². The highest BCUT2D eigenvalue weighted by molar-refractivity contribution is 6.35. The van der Waals surface area contributed by atoms with E-state index >= 15 is 4.39 Å². The summed E-state index contributed by atoms with van der Waals surface area (Å²) in [5.74, 6) is -0.505. The minimum atomic E-state index is -1.66. The molecular weight excluding hydrogens is 636 g/mol. The summed E-state index contributed by atoms with van der Waals surface area (Å²) in [7, 11) is 4.10. The Morgan fingerprint density at radius 2 is 1.96 bits per heavy atom. The maximum atomic E-state index is 17.2. The van der Waals surface area contributed by atoms with Gasteiger partial charge in [-0.2, -0.15) is 15.5 Å². The number of aromatic nitrogens is 5. The van der Waals surface area contributed by atoms with Crippen molar-refractivity contribution >= 4 is 56.0 Å². The number of pyridine rings is 1. The van der Waals surface area contributed by atoms with E-state index in [1.165, 1.54) is 11.8 Å². The van der Waals surface area contributed by atoms with E-state index in [-0.39, 0.29) is 40.6 Å². The Bertz CT molecular complexity index is 2140. The van der Waals surface area contributed by atoms with Crippen molar-refractivity contribution in [2.24, 2.45) is 0 Å². The van der Waals surface area contributed by atoms with E-state index in [0.717, 1.165) is 27.4 Å². The van der Waals surface area contributed by atoms with E-state index in [0.29, 0.717) is 48.2 Å². The number of hydrogen-bond donors (Lipinski definition) is 1. The summed E-state index contributed by atoms with van der Waals surface area (Å²) in [5.41, 5.74) is 4.39. The fourth-order valence-corrected chi connectivity index (χ4v) is 7.82. The summed E-state index contributed by atoms with van der Waals surface area (Å²) in [6.07, 6.45) is 2.76. The standard InChI is InChI=1S/C35H38ClF2N9O/c1-18-11-27-24(14-40-43-27)28(19(18)2)29-26(36)13-23-31(30(29)38)42-33(45-16-35(4,17-45)44(5)6)25-15-41-47(32(23)25)22-8-10-46(34(48)20(3)37)21(12-22)7-9-39/h11,13-15,20-22H,7-8,10,12,16-17H2,1-6H3,(H,40,43)/t20?,21-,22+/m1/s1. The minimum Gasteiger partial charge on any atom is -0.352 e. The summed E-state index contributed by atoms with van der Waals surface area (Å²) in [6.45, 7) is 9.00. The Balaban J connectivity index is 1.44. The van der Waals surface area contributed by atoms with Crippen LogP contribution in [0.3, 0.4) is 0 Å². The van der Waals surface area contributed by atoms with Gasteiger partial charge in [0, 0.05) is 47.6 Å². The van der Waals surface area contributed by atoms with Crippen LogP contribution in [0.1, 0.15) is 50.3 Å². The molecule has 0 aliphatic carbocycles. The van der Waals surface area contributed by atoms with Crippen LogP contribution in [0, 0.1) is 31.0 Å². The molecule has 7 rings (SSSR count). The van der Waals surface area contributed by atoms with E-state index in [9.17, 15) is 14.4 Å². The van der Waals surface area contributed by atoms with Gasteiger partial charge in [0.15, 0.2) is 12.0 Å². The van der Waals surface area contributed by atoms with Crippen molar-refractivity contribution in [2.45, 2.75) is 70.8 Å². The molecule has 13 heteroatoms. The number of nitrogens with zero attached hydrogens (tertiary/aromatic N) is 8. The maximum Gasteiger partial charge on any atom is 0.257 e. The summed E-state index contributed by atoms with van der Waals surface area (Å²) in [4.78, 5) is 23.5. The predicted molar refractivity (Wildman–Crippen MR) is 183 cm³/mol. The zero-order chi connectivity index (χ0) is 34.2. The molecular formula is C35H38ClF2N9O. The number of carbonyl (C=O) groups is 1. The molecule has 2 aromatic carbocycles. The molecule has 2 aliphatic rings. The first kappa shape index (κ1) is 32.2. The highest BCUT2D eigenvalue weighted by Crippen LogP contribution is 2.45. The normalized spacial score (nSPS) is 20.1. The van der Waals surface area contributed by atoms with Gasteiger partial charge in [-0.1, -0.05) is 11.6 Å². The van der Waals surface area contributed by atoms with Crippen LogP contribution < -0.4 is 4.90 Å². The molecule has 250 valence electrons. The lowest BCUT2D eigenvalue weighted by molar-refractivity contribution is -0.140. The van der Waals surface area contributed by atoms with Crippen LogP contribution >= 0.6 is 11.6 Å². The van der Waals surface area contributed by atoms with Gasteiger partial charge >= 0.3 is 0 Å². The summed E-state index contributed by atoms with van der Waals surface area (Å²) < 4.78 is 33.2. The first-order valence-corrected chi connectivity index (χ1v) is 16.6. The summed E-state index contributed by atoms with van der Waals surface area (Å²) in [6, 6.07) is 5.23. The molecule has 2 saturated heterocycles. The lowest BCUT2D eigenvalue weighted by Gasteiger charge is -2.52. The Morgan fingerprint density at radius 3 is 2.65 bits per heavy atom. The number of aryl methyl sites for hydroxylation is 1. The molecule has 5 aromatic rings. The van der Waals surface area contributed by atoms with Gasteiger partial charge < -0.3 is 14.7 Å². The molecule has 1 unspecified atom stereocenters. The fourth-order valence-electron chi connectivity index (χ4n) is 7.54. The SMILES string of the molecule is Cc1cc2[nH]ncc2c(-c2c(Cl)cc3c(nc(N4CC(C)(N(C)C)C4)c4cnn([C@H]5CCN(C(=O)C(C)F)[C@H](CC#N)C5)c43)c2F)c1C. The molecule has 1 N–H and O–H groups in total. The number of likely N-dealkylation sites (tertiary alicyclic amines) is 1. The van der Waals surface area contributed by atoms with Crippen molar-refractivity contribution < 1.29 is 13.6 Å². The molecule has 0 bridgehead atoms. The second-order valence-electron chi connectivity index (χ2n) is 13.8. The van der Waals surface area contributed by atoms with E-state index < -0.39 is 23.9 Å². The average Bonchev–Trinajstić information content (AvgIpc) is 3.68. The lowest BCUT2D eigenvalue weighted by Crippen LogP contribution is -2.67. The topological polar surface area (TPSA) is 110 Å². The van der Waals surface area contributed by atoms with Crippen LogP contribution in [0.5, 0.6) is 0 Å². The third-order valence-electron chi connectivity index (χ3n) is 10.6. The zero-order valence-electron chi connectivity index (χ0n) is 27.9. The molecule has 2 aliphatic heterocycles. The molecule has 48 heavy (non-hydrogen) atoms. The fraction of sp³-hybridized carbons (Fsp3) is 0.457. The molecule has 2 fully saturated rings. The molecule has 3 atom stereocenters. The lowest BCUT2D eigenvalue weighted by atomic mass is 9.90. The number of anilines is 1. The number of H-pyrrole nitrogens is 1. The van der Waals surface area contributed by atoms with Crippen LogP contribution in [0.2, 0.25) is 5.02 Å². The van der Waals surface area contributed by atoms with E-state index in [1.54, 1.807) is 18.5 Å². The number of rotatable bonds is 6. The first-order valence-electron chi connectivity index (χ1n) is 16.2. The Kier molecular flexibility index (Phi) is 7.83. The van der Waals surface area contributed by atoms with Gasteiger partial charge in [-0.25, -0.2) is 13.8 Å². The smallest absolute Gasteiger partial charge is 0.257 e. The van der Waals surface area contributed by atoms with Crippen LogP contribution in [0.4, 0.5) is 14.6 Å². The monoisotopic (exact) mass is 673 g/mol. The molecule has 0 radical (unpaired) electrons. The highest BCUT2D eigenvalue weighted by Gasteiger charge is 2.43. The number of nitriles is 1. The Morgan fingerprint density at radius 1 is 1.21 bits per heavy atom. The van der Waals surface area contributed by atoms with Crippen LogP contribution in [-0.2, 0) is 4.79 Å². The average molecular weight is 674 g/mol. The van der Waals surface area contributed by atoms with E-state index in [1.807, 2.05) is 38.7 Å². The minimum absolute atomic E-state index is 0.0702. The van der Waals surface area contributed by atoms with Gasteiger partial charge in [0.05, 0.1) is 57.9 Å². The maximum absolute atomic E-state index is 17.2. The first-order chi connectivity index (χ1) is 22.8. The number of benzene rings is 2. The molecule has 0 saturated carbocycles. The van der Waals surface area contributed by atoms with Gasteiger partial charge in [0.25, 0.3) is 5.91 Å². The van der Waals surface area contributed by atoms with Crippen molar-refractivity contribution in [2.75, 3.05) is 38.6 Å². The highest BCUT2D eigenvalue weighted by atomic mass is 35.5. The van der Waals surface area contributed by atoms with Gasteiger partial charge in [-0.3, -0.25) is 14.6 Å². The molecule has 10 nitrogen and oxygen atoms in total. The van der Waals surface area contributed by atoms with Crippen molar-refractivity contribution in [3.8, 4) is 17.2 Å². The number of hydrogen-bond acceptors (Lipinski definition) is 7. The molecule has 3 aromatic heterocycles. The predicted octanol–water partition coefficient (Wildman–Crippen LogP) is 6.48. The second kappa shape index (κ2) is 11.7. The van der Waals surface area contributed by atoms with Crippen molar-refractivity contribution in [3.63, 3.8) is 0 Å². The number of piperidine rings is 1. The third kappa shape index (κ3) is 4.89. The number of fused-ring (bicyclic) bond motifs is 4. The van der Waals surface area contributed by atoms with Gasteiger partial charge in [-0.05, 0) is 77.9 Å². The van der Waals surface area contributed by atoms with E-state index in [4.69, 9.17) is 21.7 Å². The number of alkyl halides is 1. The number of likely N-dealkylation sites (N-methyl/N-ethyl adjacent to an activating group) is 1. The largest absolute Gasteiger partial charge is 0.352 e.